The first-order valence-corrected chi connectivity index (χ1v) is 8.17. The monoisotopic (exact) mass is 308 g/mol. The molecule has 23 heavy (non-hydrogen) atoms. The van der Waals surface area contributed by atoms with Crippen LogP contribution in [0.15, 0.2) is 47.4 Å². The number of aromatic amines is 1. The van der Waals surface area contributed by atoms with Crippen LogP contribution in [0.4, 0.5) is 0 Å². The van der Waals surface area contributed by atoms with Crippen LogP contribution >= 0.6 is 0 Å². The fourth-order valence-electron chi connectivity index (χ4n) is 3.35. The summed E-state index contributed by atoms with van der Waals surface area (Å²) >= 11 is 0. The molecule has 118 valence electrons. The van der Waals surface area contributed by atoms with Crippen LogP contribution in [0.1, 0.15) is 18.5 Å². The highest BCUT2D eigenvalue weighted by atomic mass is 16.1. The molecule has 4 rings (SSSR count). The summed E-state index contributed by atoms with van der Waals surface area (Å²) < 4.78 is 1.52. The second kappa shape index (κ2) is 6.01. The SMILES string of the molecule is O=c1cc(CC2CCNCC2)nc2c(-c3ccccc3)c[nH]n12. The summed E-state index contributed by atoms with van der Waals surface area (Å²) in [6.45, 7) is 2.12. The molecule has 1 aliphatic rings. The molecule has 1 fully saturated rings. The van der Waals surface area contributed by atoms with Crippen LogP contribution in [0, 0.1) is 5.92 Å². The van der Waals surface area contributed by atoms with Crippen LogP contribution in [0.5, 0.6) is 0 Å². The number of benzene rings is 1. The number of nitrogens with one attached hydrogen (secondary N) is 2. The Balaban J connectivity index is 1.74. The first kappa shape index (κ1) is 14.2. The lowest BCUT2D eigenvalue weighted by atomic mass is 9.93. The van der Waals surface area contributed by atoms with Gasteiger partial charge >= 0.3 is 0 Å². The lowest BCUT2D eigenvalue weighted by Gasteiger charge is -2.22. The Bertz CT molecular complexity index is 860. The van der Waals surface area contributed by atoms with E-state index in [4.69, 9.17) is 4.98 Å². The van der Waals surface area contributed by atoms with E-state index in [0.717, 1.165) is 49.2 Å². The lowest BCUT2D eigenvalue weighted by molar-refractivity contribution is 0.370. The Morgan fingerprint density at radius 1 is 1.17 bits per heavy atom. The van der Waals surface area contributed by atoms with Crippen molar-refractivity contribution in [3.8, 4) is 11.1 Å². The van der Waals surface area contributed by atoms with Crippen molar-refractivity contribution in [2.75, 3.05) is 13.1 Å². The van der Waals surface area contributed by atoms with E-state index in [1.54, 1.807) is 6.07 Å². The second-order valence-electron chi connectivity index (χ2n) is 6.20. The summed E-state index contributed by atoms with van der Waals surface area (Å²) in [4.78, 5) is 17.1. The van der Waals surface area contributed by atoms with Crippen LogP contribution in [0.25, 0.3) is 16.8 Å². The van der Waals surface area contributed by atoms with Gasteiger partial charge in [0.1, 0.15) is 0 Å². The van der Waals surface area contributed by atoms with Crippen LogP contribution in [0.2, 0.25) is 0 Å². The highest BCUT2D eigenvalue weighted by Gasteiger charge is 2.16. The summed E-state index contributed by atoms with van der Waals surface area (Å²) in [5.41, 5.74) is 3.61. The summed E-state index contributed by atoms with van der Waals surface area (Å²) in [5.74, 6) is 0.615. The average molecular weight is 308 g/mol. The van der Waals surface area contributed by atoms with Gasteiger partial charge in [0.05, 0.1) is 0 Å². The summed E-state index contributed by atoms with van der Waals surface area (Å²) in [6, 6.07) is 11.7. The zero-order valence-corrected chi connectivity index (χ0v) is 13.0. The van der Waals surface area contributed by atoms with E-state index in [-0.39, 0.29) is 5.56 Å². The first-order valence-electron chi connectivity index (χ1n) is 8.17. The van der Waals surface area contributed by atoms with E-state index in [1.165, 1.54) is 4.52 Å². The van der Waals surface area contributed by atoms with Crippen molar-refractivity contribution in [1.82, 2.24) is 19.9 Å². The number of H-pyrrole nitrogens is 1. The van der Waals surface area contributed by atoms with Gasteiger partial charge in [0.15, 0.2) is 5.65 Å². The van der Waals surface area contributed by atoms with E-state index in [0.29, 0.717) is 11.6 Å². The zero-order chi connectivity index (χ0) is 15.6. The van der Waals surface area contributed by atoms with E-state index >= 15 is 0 Å². The minimum atomic E-state index is -0.0406. The number of aromatic nitrogens is 3. The van der Waals surface area contributed by atoms with Gasteiger partial charge in [0.2, 0.25) is 0 Å². The Labute approximate surface area is 134 Å². The molecule has 5 heteroatoms. The smallest absolute Gasteiger partial charge is 0.272 e. The molecule has 0 saturated carbocycles. The molecule has 2 aromatic heterocycles. The largest absolute Gasteiger partial charge is 0.317 e. The maximum absolute atomic E-state index is 12.4. The Morgan fingerprint density at radius 3 is 2.74 bits per heavy atom. The number of hydrogen-bond donors (Lipinski definition) is 2. The van der Waals surface area contributed by atoms with Gasteiger partial charge in [0.25, 0.3) is 5.56 Å². The quantitative estimate of drug-likeness (QED) is 0.780. The van der Waals surface area contributed by atoms with E-state index in [9.17, 15) is 4.79 Å². The molecule has 0 unspecified atom stereocenters. The standard InChI is InChI=1S/C18H20N4O/c23-17-11-15(10-13-6-8-19-9-7-13)21-18-16(12-20-22(17)18)14-4-2-1-3-5-14/h1-5,11-13,19-20H,6-10H2. The van der Waals surface area contributed by atoms with Crippen LogP contribution in [0.3, 0.4) is 0 Å². The molecule has 0 radical (unpaired) electrons. The topological polar surface area (TPSA) is 62.2 Å². The predicted molar refractivity (Wildman–Crippen MR) is 90.5 cm³/mol. The van der Waals surface area contributed by atoms with Crippen LogP contribution in [-0.4, -0.2) is 27.7 Å². The molecule has 1 aromatic carbocycles. The van der Waals surface area contributed by atoms with Crippen molar-refractivity contribution >= 4 is 5.65 Å². The number of nitrogens with zero attached hydrogens (tertiary/aromatic N) is 2. The van der Waals surface area contributed by atoms with Crippen molar-refractivity contribution < 1.29 is 0 Å². The molecule has 1 saturated heterocycles. The normalized spacial score (nSPS) is 16.0. The molecule has 3 aromatic rings. The second-order valence-corrected chi connectivity index (χ2v) is 6.20. The molecule has 2 N–H and O–H groups in total. The minimum absolute atomic E-state index is 0.0406. The highest BCUT2D eigenvalue weighted by molar-refractivity contribution is 5.76. The predicted octanol–water partition coefficient (Wildman–Crippen LogP) is 2.23. The molecule has 0 aliphatic carbocycles. The zero-order valence-electron chi connectivity index (χ0n) is 13.0. The Kier molecular flexibility index (Phi) is 3.71. The number of hydrogen-bond acceptors (Lipinski definition) is 3. The number of piperidine rings is 1. The van der Waals surface area contributed by atoms with Gasteiger partial charge in [-0.05, 0) is 43.8 Å². The Morgan fingerprint density at radius 2 is 1.96 bits per heavy atom. The van der Waals surface area contributed by atoms with Crippen molar-refractivity contribution in [3.63, 3.8) is 0 Å². The molecule has 0 atom stereocenters. The van der Waals surface area contributed by atoms with Gasteiger partial charge < -0.3 is 5.32 Å². The van der Waals surface area contributed by atoms with Crippen LogP contribution in [-0.2, 0) is 6.42 Å². The third-order valence-corrected chi connectivity index (χ3v) is 4.59. The average Bonchev–Trinajstić information content (AvgIpc) is 3.01. The molecule has 0 spiro atoms. The van der Waals surface area contributed by atoms with E-state index in [2.05, 4.69) is 10.4 Å². The van der Waals surface area contributed by atoms with Crippen LogP contribution < -0.4 is 10.9 Å². The molecule has 5 nitrogen and oxygen atoms in total. The highest BCUT2D eigenvalue weighted by Crippen LogP contribution is 2.23. The van der Waals surface area contributed by atoms with Crippen molar-refractivity contribution in [1.29, 1.82) is 0 Å². The number of fused-ring (bicyclic) bond motifs is 1. The fourth-order valence-corrected chi connectivity index (χ4v) is 3.35. The summed E-state index contributed by atoms with van der Waals surface area (Å²) in [7, 11) is 0. The van der Waals surface area contributed by atoms with Crippen molar-refractivity contribution in [2.24, 2.45) is 5.92 Å². The molecular weight excluding hydrogens is 288 g/mol. The minimum Gasteiger partial charge on any atom is -0.317 e. The molecular formula is C18H20N4O. The maximum atomic E-state index is 12.4. The van der Waals surface area contributed by atoms with E-state index in [1.807, 2.05) is 36.5 Å². The third-order valence-electron chi connectivity index (χ3n) is 4.59. The van der Waals surface area contributed by atoms with Gasteiger partial charge in [-0.25, -0.2) is 9.50 Å². The van der Waals surface area contributed by atoms with Gasteiger partial charge in [-0.2, -0.15) is 0 Å². The number of rotatable bonds is 3. The third kappa shape index (κ3) is 2.80. The first-order chi connectivity index (χ1) is 11.3. The summed E-state index contributed by atoms with van der Waals surface area (Å²) in [6.07, 6.45) is 5.04. The molecule has 0 amide bonds. The van der Waals surface area contributed by atoms with Crippen molar-refractivity contribution in [3.05, 3.63) is 58.6 Å². The Hall–Kier alpha value is -2.40. The molecule has 0 bridgehead atoms. The fraction of sp³-hybridized carbons (Fsp3) is 0.333. The molecule has 3 heterocycles. The lowest BCUT2D eigenvalue weighted by Crippen LogP contribution is -2.29. The maximum Gasteiger partial charge on any atom is 0.272 e. The molecule has 1 aliphatic heterocycles. The van der Waals surface area contributed by atoms with Gasteiger partial charge in [0, 0.05) is 23.5 Å². The van der Waals surface area contributed by atoms with Gasteiger partial charge in [-0.3, -0.25) is 9.89 Å². The van der Waals surface area contributed by atoms with Gasteiger partial charge in [-0.15, -0.1) is 0 Å². The summed E-state index contributed by atoms with van der Waals surface area (Å²) in [5, 5.41) is 6.39. The van der Waals surface area contributed by atoms with Gasteiger partial charge in [-0.1, -0.05) is 30.3 Å². The van der Waals surface area contributed by atoms with E-state index < -0.39 is 0 Å². The van der Waals surface area contributed by atoms with Crippen molar-refractivity contribution in [2.45, 2.75) is 19.3 Å².